The molecule has 3 heterocycles. The van der Waals surface area contributed by atoms with E-state index < -0.39 is 5.60 Å². The van der Waals surface area contributed by atoms with Crippen molar-refractivity contribution in [2.75, 3.05) is 13.1 Å². The second-order valence-corrected chi connectivity index (χ2v) is 3.99. The van der Waals surface area contributed by atoms with E-state index in [2.05, 4.69) is 4.98 Å². The van der Waals surface area contributed by atoms with Gasteiger partial charge in [0, 0.05) is 11.8 Å². The predicted octanol–water partition coefficient (Wildman–Crippen LogP) is 0.324. The molecule has 0 bridgehead atoms. The maximum absolute atomic E-state index is 10.6. The molecule has 0 aliphatic carbocycles. The number of hydrogen-bond acceptors (Lipinski definition) is 5. The summed E-state index contributed by atoms with van der Waals surface area (Å²) in [5, 5.41) is 10.4. The molecular formula is C10H10N2O3. The molecule has 2 aliphatic rings. The molecule has 0 atom stereocenters. The summed E-state index contributed by atoms with van der Waals surface area (Å²) in [6.45, 7) is 1.44. The van der Waals surface area contributed by atoms with Gasteiger partial charge in [-0.3, -0.25) is 9.78 Å². The molecule has 0 radical (unpaired) electrons. The van der Waals surface area contributed by atoms with Crippen LogP contribution in [-0.2, 0) is 16.9 Å². The van der Waals surface area contributed by atoms with Gasteiger partial charge in [-0.2, -0.15) is 5.06 Å². The fourth-order valence-electron chi connectivity index (χ4n) is 2.21. The van der Waals surface area contributed by atoms with E-state index in [9.17, 15) is 10.0 Å². The van der Waals surface area contributed by atoms with Gasteiger partial charge >= 0.3 is 0 Å². The van der Waals surface area contributed by atoms with E-state index in [4.69, 9.17) is 4.74 Å². The Labute approximate surface area is 86.2 Å². The molecule has 1 spiro atoms. The van der Waals surface area contributed by atoms with Crippen molar-refractivity contribution < 1.29 is 14.7 Å². The number of rotatable bonds is 1. The number of hydroxylamine groups is 2. The molecule has 5 heteroatoms. The summed E-state index contributed by atoms with van der Waals surface area (Å²) in [5.41, 5.74) is 2.03. The van der Waals surface area contributed by atoms with Crippen molar-refractivity contribution in [1.29, 1.82) is 0 Å². The predicted molar refractivity (Wildman–Crippen MR) is 49.5 cm³/mol. The second kappa shape index (κ2) is 2.85. The molecule has 0 saturated carbocycles. The minimum absolute atomic E-state index is 0.390. The zero-order valence-corrected chi connectivity index (χ0v) is 8.01. The molecular weight excluding hydrogens is 196 g/mol. The summed E-state index contributed by atoms with van der Waals surface area (Å²) < 4.78 is 5.66. The molecule has 15 heavy (non-hydrogen) atoms. The Hall–Kier alpha value is -1.30. The lowest BCUT2D eigenvalue weighted by Crippen LogP contribution is -2.57. The van der Waals surface area contributed by atoms with Crippen LogP contribution in [0.4, 0.5) is 0 Å². The fourth-order valence-corrected chi connectivity index (χ4v) is 2.21. The van der Waals surface area contributed by atoms with Crippen molar-refractivity contribution in [3.8, 4) is 0 Å². The van der Waals surface area contributed by atoms with Crippen molar-refractivity contribution in [2.45, 2.75) is 12.2 Å². The minimum atomic E-state index is -0.390. The Morgan fingerprint density at radius 1 is 1.60 bits per heavy atom. The van der Waals surface area contributed by atoms with E-state index in [0.29, 0.717) is 25.4 Å². The Morgan fingerprint density at radius 3 is 3.07 bits per heavy atom. The van der Waals surface area contributed by atoms with Gasteiger partial charge in [0.2, 0.25) is 0 Å². The van der Waals surface area contributed by atoms with Crippen LogP contribution in [0.2, 0.25) is 0 Å². The number of aldehydes is 1. The van der Waals surface area contributed by atoms with Crippen molar-refractivity contribution in [2.24, 2.45) is 0 Å². The molecule has 1 aromatic rings. The van der Waals surface area contributed by atoms with Gasteiger partial charge in [0.05, 0.1) is 19.7 Å². The summed E-state index contributed by atoms with van der Waals surface area (Å²) in [6.07, 6.45) is 2.41. The van der Waals surface area contributed by atoms with Crippen LogP contribution in [0, 0.1) is 0 Å². The molecule has 1 saturated heterocycles. The zero-order chi connectivity index (χ0) is 10.5. The number of pyridine rings is 1. The maximum Gasteiger partial charge on any atom is 0.168 e. The van der Waals surface area contributed by atoms with Crippen molar-refractivity contribution in [1.82, 2.24) is 10.0 Å². The van der Waals surface area contributed by atoms with E-state index in [-0.39, 0.29) is 0 Å². The van der Waals surface area contributed by atoms with Gasteiger partial charge in [0.25, 0.3) is 0 Å². The third-order valence-electron chi connectivity index (χ3n) is 3.00. The van der Waals surface area contributed by atoms with Crippen LogP contribution in [0.5, 0.6) is 0 Å². The quantitative estimate of drug-likeness (QED) is 0.670. The SMILES string of the molecule is O=Cc1cc2c(cn1)C1(CN(O)C1)OC2. The molecule has 3 rings (SSSR count). The van der Waals surface area contributed by atoms with Gasteiger partial charge in [-0.25, -0.2) is 0 Å². The molecule has 0 amide bonds. The van der Waals surface area contributed by atoms with Crippen molar-refractivity contribution >= 4 is 6.29 Å². The molecule has 1 aromatic heterocycles. The second-order valence-electron chi connectivity index (χ2n) is 3.99. The first kappa shape index (κ1) is 8.96. The Morgan fingerprint density at radius 2 is 2.40 bits per heavy atom. The highest BCUT2D eigenvalue weighted by molar-refractivity contribution is 5.72. The van der Waals surface area contributed by atoms with Gasteiger partial charge in [-0.05, 0) is 11.6 Å². The topological polar surface area (TPSA) is 62.7 Å². The lowest BCUT2D eigenvalue weighted by Gasteiger charge is -2.43. The summed E-state index contributed by atoms with van der Waals surface area (Å²) >= 11 is 0. The molecule has 2 aliphatic heterocycles. The van der Waals surface area contributed by atoms with Gasteiger partial charge in [-0.15, -0.1) is 0 Å². The van der Waals surface area contributed by atoms with Crippen molar-refractivity contribution in [3.05, 3.63) is 29.1 Å². The molecule has 0 aromatic carbocycles. The number of ether oxygens (including phenoxy) is 1. The number of hydrogen-bond donors (Lipinski definition) is 1. The molecule has 5 nitrogen and oxygen atoms in total. The summed E-state index contributed by atoms with van der Waals surface area (Å²) in [4.78, 5) is 14.6. The van der Waals surface area contributed by atoms with E-state index in [1.54, 1.807) is 12.3 Å². The Kier molecular flexibility index (Phi) is 1.70. The number of nitrogens with zero attached hydrogens (tertiary/aromatic N) is 2. The van der Waals surface area contributed by atoms with Crippen LogP contribution in [0.25, 0.3) is 0 Å². The smallest absolute Gasteiger partial charge is 0.168 e. The number of aromatic nitrogens is 1. The first-order chi connectivity index (χ1) is 7.23. The highest BCUT2D eigenvalue weighted by Gasteiger charge is 2.50. The molecule has 0 unspecified atom stereocenters. The van der Waals surface area contributed by atoms with E-state index in [0.717, 1.165) is 17.4 Å². The standard InChI is InChI=1S/C10H10N2O3/c13-3-8-1-7-4-15-10(5-12(14)6-10)9(7)2-11-8/h1-3,14H,4-6H2. The number of fused-ring (bicyclic) bond motifs is 2. The van der Waals surface area contributed by atoms with Crippen molar-refractivity contribution in [3.63, 3.8) is 0 Å². The monoisotopic (exact) mass is 206 g/mol. The first-order valence-corrected chi connectivity index (χ1v) is 4.76. The highest BCUT2D eigenvalue weighted by atomic mass is 16.6. The van der Waals surface area contributed by atoms with Gasteiger partial charge in [0.15, 0.2) is 6.29 Å². The normalized spacial score (nSPS) is 22.5. The molecule has 1 N–H and O–H groups in total. The Balaban J connectivity index is 2.01. The van der Waals surface area contributed by atoms with Crippen LogP contribution in [0.3, 0.4) is 0 Å². The minimum Gasteiger partial charge on any atom is -0.363 e. The summed E-state index contributed by atoms with van der Waals surface area (Å²) in [5.74, 6) is 0. The van der Waals surface area contributed by atoms with Gasteiger partial charge in [-0.1, -0.05) is 0 Å². The third-order valence-corrected chi connectivity index (χ3v) is 3.00. The third kappa shape index (κ3) is 1.14. The average Bonchev–Trinajstić information content (AvgIpc) is 2.57. The molecule has 78 valence electrons. The lowest BCUT2D eigenvalue weighted by atomic mass is 9.88. The number of carbonyl (C=O) groups excluding carboxylic acids is 1. The lowest BCUT2D eigenvalue weighted by molar-refractivity contribution is -0.258. The fraction of sp³-hybridized carbons (Fsp3) is 0.400. The van der Waals surface area contributed by atoms with E-state index in [1.165, 1.54) is 5.06 Å². The largest absolute Gasteiger partial charge is 0.363 e. The van der Waals surface area contributed by atoms with Gasteiger partial charge in [0.1, 0.15) is 11.3 Å². The average molecular weight is 206 g/mol. The number of carbonyl (C=O) groups is 1. The zero-order valence-electron chi connectivity index (χ0n) is 8.01. The molecule has 1 fully saturated rings. The Bertz CT molecular complexity index is 427. The maximum atomic E-state index is 10.6. The van der Waals surface area contributed by atoms with E-state index in [1.807, 2.05) is 0 Å². The van der Waals surface area contributed by atoms with Crippen LogP contribution < -0.4 is 0 Å². The van der Waals surface area contributed by atoms with Crippen LogP contribution in [0.15, 0.2) is 12.3 Å². The first-order valence-electron chi connectivity index (χ1n) is 4.76. The summed E-state index contributed by atoms with van der Waals surface area (Å²) in [7, 11) is 0. The van der Waals surface area contributed by atoms with E-state index >= 15 is 0 Å². The summed E-state index contributed by atoms with van der Waals surface area (Å²) in [6, 6.07) is 1.75. The van der Waals surface area contributed by atoms with Crippen LogP contribution in [0.1, 0.15) is 21.6 Å². The van der Waals surface area contributed by atoms with Crippen LogP contribution >= 0.6 is 0 Å². The van der Waals surface area contributed by atoms with Gasteiger partial charge < -0.3 is 9.94 Å². The highest BCUT2D eigenvalue weighted by Crippen LogP contribution is 2.42. The van der Waals surface area contributed by atoms with Crippen LogP contribution in [-0.4, -0.2) is 34.6 Å².